The quantitative estimate of drug-likeness (QED) is 0.450. The molecule has 31 heavy (non-hydrogen) atoms. The number of carbonyl (C=O) groups excluding carboxylic acids is 2. The summed E-state index contributed by atoms with van der Waals surface area (Å²) in [7, 11) is 0. The van der Waals surface area contributed by atoms with Gasteiger partial charge in [-0.25, -0.2) is 0 Å². The van der Waals surface area contributed by atoms with Crippen LogP contribution in [0.15, 0.2) is 24.3 Å². The molecule has 0 aliphatic rings. The van der Waals surface area contributed by atoms with Crippen LogP contribution in [0.1, 0.15) is 82.1 Å². The Hall–Kier alpha value is -2.04. The van der Waals surface area contributed by atoms with E-state index in [0.29, 0.717) is 18.5 Å². The van der Waals surface area contributed by atoms with Gasteiger partial charge in [-0.15, -0.1) is 0 Å². The van der Waals surface area contributed by atoms with Gasteiger partial charge in [0.2, 0.25) is 11.8 Å². The fraction of sp³-hybridized carbons (Fsp3) is 0.692. The number of rotatable bonds is 8. The minimum absolute atomic E-state index is 0.0207. The van der Waals surface area contributed by atoms with Gasteiger partial charge in [0.15, 0.2) is 0 Å². The highest BCUT2D eigenvalue weighted by Crippen LogP contribution is 2.52. The first-order valence-corrected chi connectivity index (χ1v) is 11.2. The van der Waals surface area contributed by atoms with Gasteiger partial charge in [-0.2, -0.15) is 0 Å². The highest BCUT2D eigenvalue weighted by Gasteiger charge is 2.49. The monoisotopic (exact) mass is 431 g/mol. The third kappa shape index (κ3) is 7.26. The van der Waals surface area contributed by atoms with Crippen molar-refractivity contribution in [3.63, 3.8) is 0 Å². The normalized spacial score (nSPS) is 15.3. The molecule has 0 bridgehead atoms. The van der Waals surface area contributed by atoms with Crippen LogP contribution in [0.5, 0.6) is 0 Å². The Morgan fingerprint density at radius 3 is 1.71 bits per heavy atom. The number of hydrogen-bond donors (Lipinski definition) is 3. The van der Waals surface area contributed by atoms with Crippen LogP contribution in [-0.2, 0) is 9.59 Å². The van der Waals surface area contributed by atoms with Gasteiger partial charge in [-0.1, -0.05) is 69.2 Å². The zero-order valence-corrected chi connectivity index (χ0v) is 21.3. The molecule has 5 heteroatoms. The average molecular weight is 432 g/mol. The van der Waals surface area contributed by atoms with Gasteiger partial charge >= 0.3 is 0 Å². The van der Waals surface area contributed by atoms with E-state index in [1.165, 1.54) is 0 Å². The summed E-state index contributed by atoms with van der Waals surface area (Å²) in [5, 5.41) is 3.05. The molecule has 2 amide bonds. The lowest BCUT2D eigenvalue weighted by Crippen LogP contribution is -2.49. The molecule has 0 aromatic heterocycles. The second-order valence-corrected chi connectivity index (χ2v) is 12.6. The minimum Gasteiger partial charge on any atom is -0.399 e. The van der Waals surface area contributed by atoms with E-state index in [2.05, 4.69) is 74.6 Å². The lowest BCUT2D eigenvalue weighted by Gasteiger charge is -2.50. The summed E-state index contributed by atoms with van der Waals surface area (Å²) < 4.78 is 0. The van der Waals surface area contributed by atoms with E-state index in [4.69, 9.17) is 11.5 Å². The molecule has 1 rings (SSSR count). The van der Waals surface area contributed by atoms with Gasteiger partial charge in [-0.05, 0) is 58.8 Å². The average Bonchev–Trinajstić information content (AvgIpc) is 2.57. The van der Waals surface area contributed by atoms with E-state index in [9.17, 15) is 9.59 Å². The molecule has 5 nitrogen and oxygen atoms in total. The van der Waals surface area contributed by atoms with Crippen molar-refractivity contribution in [1.82, 2.24) is 0 Å². The Morgan fingerprint density at radius 1 is 0.839 bits per heavy atom. The standard InChI is InChI=1S/C26H45N3O2/c1-23(2,3)15-19(21(28)30)26(9,10)25(7,8)16-20(24(4,5)6)22(31)29-18-13-11-17(27)12-14-18/h11-14,19-20H,15-16,27H2,1-10H3,(H2,28,30)(H,29,31). The molecule has 0 spiro atoms. The SMILES string of the molecule is CC(C)(C)CC(C(N)=O)C(C)(C)C(C)(C)CC(C(=O)Nc1ccc(N)cc1)C(C)(C)C. The first-order valence-electron chi connectivity index (χ1n) is 11.2. The molecule has 2 atom stereocenters. The first kappa shape index (κ1) is 27.0. The van der Waals surface area contributed by atoms with Crippen molar-refractivity contribution in [1.29, 1.82) is 0 Å². The van der Waals surface area contributed by atoms with Gasteiger partial charge in [-0.3, -0.25) is 9.59 Å². The number of carbonyl (C=O) groups is 2. The topological polar surface area (TPSA) is 98.2 Å². The molecule has 0 saturated heterocycles. The Labute approximate surface area is 189 Å². The van der Waals surface area contributed by atoms with Crippen molar-refractivity contribution in [2.75, 3.05) is 11.1 Å². The number of nitrogens with two attached hydrogens (primary N) is 2. The van der Waals surface area contributed by atoms with Crippen LogP contribution < -0.4 is 16.8 Å². The van der Waals surface area contributed by atoms with Crippen LogP contribution in [0.25, 0.3) is 0 Å². The molecule has 0 fully saturated rings. The van der Waals surface area contributed by atoms with Crippen LogP contribution >= 0.6 is 0 Å². The molecule has 0 radical (unpaired) electrons. The number of amides is 2. The number of anilines is 2. The van der Waals surface area contributed by atoms with Crippen LogP contribution in [0.2, 0.25) is 0 Å². The predicted octanol–water partition coefficient (Wildman–Crippen LogP) is 5.85. The zero-order chi connectivity index (χ0) is 24.4. The summed E-state index contributed by atoms with van der Waals surface area (Å²) in [6.45, 7) is 21.2. The Morgan fingerprint density at radius 2 is 1.32 bits per heavy atom. The molecule has 2 unspecified atom stereocenters. The first-order chi connectivity index (χ1) is 13.8. The number of primary amides is 1. The highest BCUT2D eigenvalue weighted by atomic mass is 16.2. The second-order valence-electron chi connectivity index (χ2n) is 12.6. The smallest absolute Gasteiger partial charge is 0.228 e. The number of nitrogen functional groups attached to an aromatic ring is 1. The van der Waals surface area contributed by atoms with Gasteiger partial charge in [0.05, 0.1) is 0 Å². The molecule has 0 heterocycles. The highest BCUT2D eigenvalue weighted by molar-refractivity contribution is 5.93. The third-order valence-corrected chi connectivity index (χ3v) is 7.03. The van der Waals surface area contributed by atoms with Crippen molar-refractivity contribution in [2.24, 2.45) is 39.2 Å². The van der Waals surface area contributed by atoms with Crippen LogP contribution in [0, 0.1) is 33.5 Å². The predicted molar refractivity (Wildman–Crippen MR) is 131 cm³/mol. The van der Waals surface area contributed by atoms with Crippen molar-refractivity contribution in [3.8, 4) is 0 Å². The maximum absolute atomic E-state index is 13.3. The molecule has 1 aromatic carbocycles. The summed E-state index contributed by atoms with van der Waals surface area (Å²) in [4.78, 5) is 25.8. The molecule has 0 aliphatic heterocycles. The molecule has 1 aromatic rings. The van der Waals surface area contributed by atoms with E-state index < -0.39 is 5.41 Å². The molecular weight excluding hydrogens is 386 g/mol. The van der Waals surface area contributed by atoms with Crippen LogP contribution in [0.3, 0.4) is 0 Å². The van der Waals surface area contributed by atoms with E-state index in [1.807, 2.05) is 12.1 Å². The van der Waals surface area contributed by atoms with Crippen molar-refractivity contribution in [2.45, 2.75) is 82.1 Å². The number of nitrogens with one attached hydrogen (secondary N) is 1. The lowest BCUT2D eigenvalue weighted by atomic mass is 9.54. The molecule has 5 N–H and O–H groups in total. The maximum Gasteiger partial charge on any atom is 0.228 e. The Balaban J connectivity index is 3.22. The van der Waals surface area contributed by atoms with E-state index >= 15 is 0 Å². The zero-order valence-electron chi connectivity index (χ0n) is 21.3. The summed E-state index contributed by atoms with van der Waals surface area (Å²) in [5.74, 6) is -0.829. The van der Waals surface area contributed by atoms with Crippen LogP contribution in [0.4, 0.5) is 11.4 Å². The Bertz CT molecular complexity index is 765. The molecular formula is C26H45N3O2. The molecule has 0 aliphatic carbocycles. The fourth-order valence-electron chi connectivity index (χ4n) is 4.16. The van der Waals surface area contributed by atoms with E-state index in [-0.39, 0.29) is 39.9 Å². The summed E-state index contributed by atoms with van der Waals surface area (Å²) >= 11 is 0. The third-order valence-electron chi connectivity index (χ3n) is 7.03. The van der Waals surface area contributed by atoms with Crippen molar-refractivity contribution < 1.29 is 9.59 Å². The lowest BCUT2D eigenvalue weighted by molar-refractivity contribution is -0.133. The van der Waals surface area contributed by atoms with Crippen molar-refractivity contribution in [3.05, 3.63) is 24.3 Å². The Kier molecular flexibility index (Phi) is 8.02. The maximum atomic E-state index is 13.3. The van der Waals surface area contributed by atoms with Gasteiger partial charge in [0.1, 0.15) is 0 Å². The summed E-state index contributed by atoms with van der Waals surface area (Å²) in [5.41, 5.74) is 12.1. The molecule has 0 saturated carbocycles. The van der Waals surface area contributed by atoms with Gasteiger partial charge in [0.25, 0.3) is 0 Å². The van der Waals surface area contributed by atoms with Crippen LogP contribution in [-0.4, -0.2) is 11.8 Å². The van der Waals surface area contributed by atoms with Gasteiger partial charge in [0, 0.05) is 23.2 Å². The largest absolute Gasteiger partial charge is 0.399 e. The van der Waals surface area contributed by atoms with E-state index in [0.717, 1.165) is 5.69 Å². The molecule has 176 valence electrons. The number of benzene rings is 1. The number of hydrogen-bond acceptors (Lipinski definition) is 3. The summed E-state index contributed by atoms with van der Waals surface area (Å²) in [6.07, 6.45) is 1.34. The summed E-state index contributed by atoms with van der Waals surface area (Å²) in [6, 6.07) is 7.18. The van der Waals surface area contributed by atoms with E-state index in [1.54, 1.807) is 12.1 Å². The fourth-order valence-corrected chi connectivity index (χ4v) is 4.16. The minimum atomic E-state index is -0.392. The second kappa shape index (κ2) is 9.22. The van der Waals surface area contributed by atoms with Crippen molar-refractivity contribution >= 4 is 23.2 Å². The van der Waals surface area contributed by atoms with Gasteiger partial charge < -0.3 is 16.8 Å².